The van der Waals surface area contributed by atoms with Crippen LogP contribution in [0, 0.1) is 13.8 Å². The van der Waals surface area contributed by atoms with Crippen LogP contribution in [0.3, 0.4) is 0 Å². The number of anilines is 1. The minimum Gasteiger partial charge on any atom is -0.271 e. The average molecular weight is 406 g/mol. The van der Waals surface area contributed by atoms with Crippen molar-refractivity contribution < 1.29 is 13.2 Å². The maximum atomic E-state index is 12.2. The summed E-state index contributed by atoms with van der Waals surface area (Å²) in [6.07, 6.45) is 4.59. The van der Waals surface area contributed by atoms with E-state index in [1.165, 1.54) is 6.21 Å². The molecule has 27 heavy (non-hydrogen) atoms. The van der Waals surface area contributed by atoms with Crippen molar-refractivity contribution in [3.63, 3.8) is 0 Å². The first-order chi connectivity index (χ1) is 12.7. The highest BCUT2D eigenvalue weighted by atomic mass is 32.2. The van der Waals surface area contributed by atoms with Crippen molar-refractivity contribution in [1.82, 2.24) is 5.43 Å². The van der Waals surface area contributed by atoms with Crippen molar-refractivity contribution in [3.8, 4) is 0 Å². The van der Waals surface area contributed by atoms with Crippen LogP contribution in [0.5, 0.6) is 0 Å². The molecule has 0 aromatic heterocycles. The second kappa shape index (κ2) is 9.05. The first-order valence-electron chi connectivity index (χ1n) is 8.22. The normalized spacial score (nSPS) is 11.6. The SMILES string of the molecule is CSc1ccc(/C=N/NC(=O)CN(c2cccc(C)c2C)S(C)(=O)=O)cc1. The molecule has 0 atom stereocenters. The van der Waals surface area contributed by atoms with Gasteiger partial charge in [-0.15, -0.1) is 11.8 Å². The molecule has 0 unspecified atom stereocenters. The zero-order valence-corrected chi connectivity index (χ0v) is 17.4. The van der Waals surface area contributed by atoms with Gasteiger partial charge in [-0.2, -0.15) is 5.10 Å². The van der Waals surface area contributed by atoms with E-state index in [0.29, 0.717) is 5.69 Å². The summed E-state index contributed by atoms with van der Waals surface area (Å²) in [6, 6.07) is 13.0. The molecule has 2 rings (SSSR count). The van der Waals surface area contributed by atoms with E-state index in [1.54, 1.807) is 23.9 Å². The van der Waals surface area contributed by atoms with Gasteiger partial charge >= 0.3 is 0 Å². The Labute approximate surface area is 164 Å². The topological polar surface area (TPSA) is 78.8 Å². The molecular weight excluding hydrogens is 382 g/mol. The molecular formula is C19H23N3O3S2. The second-order valence-corrected chi connectivity index (χ2v) is 8.84. The number of sulfonamides is 1. The Morgan fingerprint density at radius 1 is 1.19 bits per heavy atom. The van der Waals surface area contributed by atoms with Crippen LogP contribution in [0.4, 0.5) is 5.69 Å². The number of thioether (sulfide) groups is 1. The van der Waals surface area contributed by atoms with E-state index in [2.05, 4.69) is 10.5 Å². The van der Waals surface area contributed by atoms with E-state index >= 15 is 0 Å². The van der Waals surface area contributed by atoms with Crippen LogP contribution in [0.25, 0.3) is 0 Å². The molecule has 0 aliphatic rings. The Bertz CT molecular complexity index is 939. The molecule has 1 amide bonds. The van der Waals surface area contributed by atoms with Gasteiger partial charge in [-0.05, 0) is 55.0 Å². The highest BCUT2D eigenvalue weighted by Gasteiger charge is 2.22. The minimum atomic E-state index is -3.62. The summed E-state index contributed by atoms with van der Waals surface area (Å²) in [4.78, 5) is 13.4. The Morgan fingerprint density at radius 3 is 2.44 bits per heavy atom. The molecule has 1 N–H and O–H groups in total. The average Bonchev–Trinajstić information content (AvgIpc) is 2.62. The molecule has 0 fully saturated rings. The zero-order valence-electron chi connectivity index (χ0n) is 15.8. The predicted octanol–water partition coefficient (Wildman–Crippen LogP) is 2.94. The highest BCUT2D eigenvalue weighted by Crippen LogP contribution is 2.24. The van der Waals surface area contributed by atoms with Crippen molar-refractivity contribution in [1.29, 1.82) is 0 Å². The van der Waals surface area contributed by atoms with Crippen LogP contribution in [-0.4, -0.2) is 39.6 Å². The van der Waals surface area contributed by atoms with Crippen LogP contribution in [-0.2, 0) is 14.8 Å². The summed E-state index contributed by atoms with van der Waals surface area (Å²) in [5, 5.41) is 3.91. The molecule has 2 aromatic rings. The van der Waals surface area contributed by atoms with Gasteiger partial charge in [0.25, 0.3) is 5.91 Å². The Hall–Kier alpha value is -2.32. The number of carbonyl (C=O) groups excluding carboxylic acids is 1. The molecule has 8 heteroatoms. The van der Waals surface area contributed by atoms with Gasteiger partial charge in [-0.1, -0.05) is 24.3 Å². The molecule has 0 spiro atoms. The van der Waals surface area contributed by atoms with Crippen molar-refractivity contribution in [2.45, 2.75) is 18.7 Å². The van der Waals surface area contributed by atoms with Crippen molar-refractivity contribution in [3.05, 3.63) is 59.2 Å². The number of hydrogen-bond acceptors (Lipinski definition) is 5. The van der Waals surface area contributed by atoms with E-state index in [0.717, 1.165) is 32.1 Å². The molecule has 0 aliphatic heterocycles. The van der Waals surface area contributed by atoms with Crippen LogP contribution in [0.2, 0.25) is 0 Å². The molecule has 6 nitrogen and oxygen atoms in total. The van der Waals surface area contributed by atoms with E-state index < -0.39 is 15.9 Å². The summed E-state index contributed by atoms with van der Waals surface area (Å²) in [7, 11) is -3.62. The lowest BCUT2D eigenvalue weighted by Gasteiger charge is -2.23. The number of hydrogen-bond donors (Lipinski definition) is 1. The predicted molar refractivity (Wildman–Crippen MR) is 112 cm³/mol. The quantitative estimate of drug-likeness (QED) is 0.436. The van der Waals surface area contributed by atoms with Crippen LogP contribution in [0.15, 0.2) is 52.5 Å². The lowest BCUT2D eigenvalue weighted by molar-refractivity contribution is -0.119. The fraction of sp³-hybridized carbons (Fsp3) is 0.263. The molecule has 0 saturated heterocycles. The van der Waals surface area contributed by atoms with Crippen molar-refractivity contribution in [2.24, 2.45) is 5.10 Å². The second-order valence-electron chi connectivity index (χ2n) is 6.06. The largest absolute Gasteiger partial charge is 0.271 e. The van der Waals surface area contributed by atoms with Crippen LogP contribution >= 0.6 is 11.8 Å². The van der Waals surface area contributed by atoms with Crippen LogP contribution < -0.4 is 9.73 Å². The Balaban J connectivity index is 2.10. The maximum absolute atomic E-state index is 12.2. The van der Waals surface area contributed by atoms with Gasteiger partial charge in [-0.25, -0.2) is 13.8 Å². The standard InChI is InChI=1S/C19H23N3O3S2/c1-14-6-5-7-18(15(14)2)22(27(4,24)25)13-19(23)21-20-12-16-8-10-17(26-3)11-9-16/h5-12H,13H2,1-4H3,(H,21,23)/b20-12+. The zero-order chi connectivity index (χ0) is 20.0. The van der Waals surface area contributed by atoms with Crippen LogP contribution in [0.1, 0.15) is 16.7 Å². The third-order valence-corrected chi connectivity index (χ3v) is 5.92. The molecule has 144 valence electrons. The fourth-order valence-corrected chi connectivity index (χ4v) is 3.74. The number of rotatable bonds is 7. The number of carbonyl (C=O) groups is 1. The van der Waals surface area contributed by atoms with Crippen molar-refractivity contribution >= 4 is 39.6 Å². The molecule has 2 aromatic carbocycles. The van der Waals surface area contributed by atoms with E-state index in [9.17, 15) is 13.2 Å². The minimum absolute atomic E-state index is 0.341. The summed E-state index contributed by atoms with van der Waals surface area (Å²) in [5.41, 5.74) is 5.48. The number of nitrogens with one attached hydrogen (secondary N) is 1. The molecule has 0 aliphatic carbocycles. The molecule has 0 bridgehead atoms. The number of amides is 1. The molecule has 0 radical (unpaired) electrons. The number of aryl methyl sites for hydroxylation is 1. The van der Waals surface area contributed by atoms with Gasteiger partial charge in [0.2, 0.25) is 10.0 Å². The van der Waals surface area contributed by atoms with Crippen molar-refractivity contribution in [2.75, 3.05) is 23.4 Å². The smallest absolute Gasteiger partial charge is 0.260 e. The molecule has 0 saturated carbocycles. The number of hydrazone groups is 1. The Morgan fingerprint density at radius 2 is 1.85 bits per heavy atom. The summed E-state index contributed by atoms with van der Waals surface area (Å²) < 4.78 is 25.5. The van der Waals surface area contributed by atoms with Gasteiger partial charge in [0.15, 0.2) is 0 Å². The van der Waals surface area contributed by atoms with Gasteiger partial charge in [0.1, 0.15) is 6.54 Å². The van der Waals surface area contributed by atoms with Gasteiger partial charge in [-0.3, -0.25) is 9.10 Å². The number of nitrogens with zero attached hydrogens (tertiary/aromatic N) is 2. The Kier molecular flexibility index (Phi) is 7.04. The van der Waals surface area contributed by atoms with E-state index in [-0.39, 0.29) is 6.54 Å². The lowest BCUT2D eigenvalue weighted by Crippen LogP contribution is -2.39. The first kappa shape index (κ1) is 21.0. The highest BCUT2D eigenvalue weighted by molar-refractivity contribution is 7.98. The van der Waals surface area contributed by atoms with Gasteiger partial charge in [0.05, 0.1) is 18.2 Å². The summed E-state index contributed by atoms with van der Waals surface area (Å²) in [6.45, 7) is 3.38. The van der Waals surface area contributed by atoms with Gasteiger partial charge < -0.3 is 0 Å². The maximum Gasteiger partial charge on any atom is 0.260 e. The fourth-order valence-electron chi connectivity index (χ4n) is 2.42. The number of benzene rings is 2. The third-order valence-electron chi connectivity index (χ3n) is 4.05. The van der Waals surface area contributed by atoms with E-state index in [4.69, 9.17) is 0 Å². The third kappa shape index (κ3) is 5.83. The van der Waals surface area contributed by atoms with Gasteiger partial charge in [0, 0.05) is 4.90 Å². The lowest BCUT2D eigenvalue weighted by atomic mass is 10.1. The summed E-state index contributed by atoms with van der Waals surface area (Å²) in [5.74, 6) is -0.515. The molecule has 0 heterocycles. The van der Waals surface area contributed by atoms with E-state index in [1.807, 2.05) is 50.4 Å². The summed E-state index contributed by atoms with van der Waals surface area (Å²) >= 11 is 1.64. The first-order valence-corrected chi connectivity index (χ1v) is 11.3. The monoisotopic (exact) mass is 405 g/mol.